The molecule has 8 nitrogen and oxygen atoms in total. The molecule has 2 N–H and O–H groups in total. The van der Waals surface area contributed by atoms with E-state index in [1.165, 1.54) is 0 Å². The fraction of sp³-hybridized carbons (Fsp3) is 0.655. The first kappa shape index (κ1) is 25.7. The Morgan fingerprint density at radius 1 is 1.10 bits per heavy atom. The number of rotatable bonds is 4. The number of nitrogens with zero attached hydrogens (tertiary/aromatic N) is 4. The van der Waals surface area contributed by atoms with Gasteiger partial charge in [0.15, 0.2) is 0 Å². The van der Waals surface area contributed by atoms with E-state index in [1.807, 2.05) is 12.1 Å². The molecule has 0 amide bonds. The van der Waals surface area contributed by atoms with Gasteiger partial charge < -0.3 is 24.8 Å². The summed E-state index contributed by atoms with van der Waals surface area (Å²) in [6.07, 6.45) is 6.06. The van der Waals surface area contributed by atoms with Crippen LogP contribution in [0.3, 0.4) is 0 Å². The van der Waals surface area contributed by atoms with Crippen molar-refractivity contribution in [2.75, 3.05) is 56.6 Å². The first-order valence-electron chi connectivity index (χ1n) is 14.4. The molecular weight excluding hydrogens is 521 g/mol. The fourth-order valence-corrected chi connectivity index (χ4v) is 7.91. The van der Waals surface area contributed by atoms with Crippen LogP contribution in [-0.4, -0.2) is 72.6 Å². The van der Waals surface area contributed by atoms with E-state index in [-0.39, 0.29) is 5.54 Å². The second-order valence-electron chi connectivity index (χ2n) is 11.9. The van der Waals surface area contributed by atoms with E-state index in [0.717, 1.165) is 93.0 Å². The number of nitrogen functional groups attached to an aromatic ring is 1. The van der Waals surface area contributed by atoms with Crippen molar-refractivity contribution in [3.8, 4) is 6.01 Å². The Balaban J connectivity index is 1.25. The monoisotopic (exact) mass is 557 g/mol. The van der Waals surface area contributed by atoms with Gasteiger partial charge in [0.05, 0.1) is 30.0 Å². The molecule has 1 spiro atoms. The van der Waals surface area contributed by atoms with Gasteiger partial charge in [-0.2, -0.15) is 9.97 Å². The van der Waals surface area contributed by atoms with Gasteiger partial charge in [-0.15, -0.1) is 0 Å². The van der Waals surface area contributed by atoms with Crippen molar-refractivity contribution in [3.05, 3.63) is 39.5 Å². The predicted octanol–water partition coefficient (Wildman–Crippen LogP) is 4.20. The Bertz CT molecular complexity index is 1260. The van der Waals surface area contributed by atoms with Crippen LogP contribution in [0.15, 0.2) is 12.1 Å². The van der Waals surface area contributed by atoms with E-state index in [4.69, 9.17) is 41.5 Å². The van der Waals surface area contributed by atoms with Crippen LogP contribution in [-0.2, 0) is 34.5 Å². The lowest BCUT2D eigenvalue weighted by atomic mass is 9.74. The normalized spacial score (nSPS) is 30.6. The minimum atomic E-state index is -0.798. The van der Waals surface area contributed by atoms with Gasteiger partial charge in [0.1, 0.15) is 18.6 Å². The Kier molecular flexibility index (Phi) is 6.61. The van der Waals surface area contributed by atoms with E-state index < -0.39 is 11.8 Å². The number of hydrogen-bond acceptors (Lipinski definition) is 8. The third-order valence-electron chi connectivity index (χ3n) is 9.46. The van der Waals surface area contributed by atoms with Crippen LogP contribution in [0.25, 0.3) is 0 Å². The van der Waals surface area contributed by atoms with Gasteiger partial charge in [0.25, 0.3) is 0 Å². The average Bonchev–Trinajstić information content (AvgIpc) is 3.29. The number of ether oxygens (including phenoxy) is 3. The lowest BCUT2D eigenvalue weighted by Gasteiger charge is -2.43. The molecule has 4 aliphatic heterocycles. The van der Waals surface area contributed by atoms with E-state index in [2.05, 4.69) is 9.80 Å². The number of benzene rings is 1. The van der Waals surface area contributed by atoms with Crippen LogP contribution in [0.4, 0.5) is 15.9 Å². The van der Waals surface area contributed by atoms with Crippen molar-refractivity contribution in [2.24, 2.45) is 0 Å². The minimum absolute atomic E-state index is 0.254. The summed E-state index contributed by atoms with van der Waals surface area (Å²) >= 11 is 6.64. The lowest BCUT2D eigenvalue weighted by Crippen LogP contribution is -2.44. The standard InChI is InChI=1S/C29H37ClFN5O3/c30-24-13-20(32)12-23-21(24)4-1-6-29(23)15-25-22(17-39-29)26(35-7-3-10-37-11-9-35)34-27(33-25)38-18-28-5-2-8-36(28)16-19(31)14-28/h12-13,19H,1-11,14-18,32H2/t19-,28?,29?/m1/s1. The highest BCUT2D eigenvalue weighted by molar-refractivity contribution is 6.31. The fourth-order valence-electron chi connectivity index (χ4n) is 7.59. The number of anilines is 2. The maximum Gasteiger partial charge on any atom is 0.318 e. The summed E-state index contributed by atoms with van der Waals surface area (Å²) in [5.41, 5.74) is 10.3. The quantitative estimate of drug-likeness (QED) is 0.560. The SMILES string of the molecule is Nc1cc(Cl)c2c(c1)C1(CCC2)Cc2nc(OCC34CCCN3C[C@H](F)C4)nc(N3CCCOCC3)c2CO1. The van der Waals surface area contributed by atoms with E-state index >= 15 is 0 Å². The molecule has 10 heteroatoms. The number of fused-ring (bicyclic) bond motifs is 4. The van der Waals surface area contributed by atoms with Gasteiger partial charge in [-0.1, -0.05) is 11.6 Å². The van der Waals surface area contributed by atoms with Gasteiger partial charge in [0, 0.05) is 55.4 Å². The molecule has 5 aliphatic rings. The summed E-state index contributed by atoms with van der Waals surface area (Å²) in [5, 5.41) is 0.707. The van der Waals surface area contributed by atoms with Crippen molar-refractivity contribution in [1.82, 2.24) is 14.9 Å². The molecule has 7 rings (SSSR count). The zero-order valence-corrected chi connectivity index (χ0v) is 23.1. The van der Waals surface area contributed by atoms with E-state index in [0.29, 0.717) is 55.9 Å². The minimum Gasteiger partial charge on any atom is -0.461 e. The summed E-state index contributed by atoms with van der Waals surface area (Å²) in [7, 11) is 0. The molecule has 2 aromatic rings. The molecule has 0 bridgehead atoms. The predicted molar refractivity (Wildman–Crippen MR) is 147 cm³/mol. The highest BCUT2D eigenvalue weighted by Gasteiger charge is 2.50. The van der Waals surface area contributed by atoms with Crippen molar-refractivity contribution < 1.29 is 18.6 Å². The van der Waals surface area contributed by atoms with Crippen molar-refractivity contribution in [1.29, 1.82) is 0 Å². The summed E-state index contributed by atoms with van der Waals surface area (Å²) in [6.45, 7) is 5.25. The van der Waals surface area contributed by atoms with Crippen LogP contribution in [0, 0.1) is 0 Å². The topological polar surface area (TPSA) is 86.0 Å². The van der Waals surface area contributed by atoms with Crippen molar-refractivity contribution in [2.45, 2.75) is 75.3 Å². The molecule has 3 fully saturated rings. The van der Waals surface area contributed by atoms with Crippen LogP contribution < -0.4 is 15.4 Å². The first-order valence-corrected chi connectivity index (χ1v) is 14.8. The molecule has 39 heavy (non-hydrogen) atoms. The Morgan fingerprint density at radius 2 is 2.03 bits per heavy atom. The molecule has 1 aromatic carbocycles. The molecule has 3 atom stereocenters. The van der Waals surface area contributed by atoms with Crippen molar-refractivity contribution in [3.63, 3.8) is 0 Å². The zero-order chi connectivity index (χ0) is 26.6. The van der Waals surface area contributed by atoms with Crippen LogP contribution in [0.2, 0.25) is 5.02 Å². The van der Waals surface area contributed by atoms with E-state index in [1.54, 1.807) is 0 Å². The number of alkyl halides is 1. The summed E-state index contributed by atoms with van der Waals surface area (Å²) < 4.78 is 33.2. The molecule has 210 valence electrons. The van der Waals surface area contributed by atoms with Crippen LogP contribution in [0.5, 0.6) is 6.01 Å². The molecule has 1 aromatic heterocycles. The number of hydrogen-bond donors (Lipinski definition) is 1. The van der Waals surface area contributed by atoms with Gasteiger partial charge >= 0.3 is 6.01 Å². The van der Waals surface area contributed by atoms with Crippen molar-refractivity contribution >= 4 is 23.1 Å². The van der Waals surface area contributed by atoms with Gasteiger partial charge in [0.2, 0.25) is 0 Å². The molecular formula is C29H37ClFN5O3. The summed E-state index contributed by atoms with van der Waals surface area (Å²) in [5.74, 6) is 0.868. The maximum atomic E-state index is 14.4. The Labute approximate surface area is 234 Å². The largest absolute Gasteiger partial charge is 0.461 e. The zero-order valence-electron chi connectivity index (χ0n) is 22.4. The molecule has 1 aliphatic carbocycles. The van der Waals surface area contributed by atoms with Crippen LogP contribution >= 0.6 is 11.6 Å². The van der Waals surface area contributed by atoms with Gasteiger partial charge in [-0.3, -0.25) is 4.90 Å². The molecule has 0 saturated carbocycles. The first-order chi connectivity index (χ1) is 18.9. The molecule has 3 saturated heterocycles. The number of nitrogens with two attached hydrogens (primary N) is 1. The molecule has 0 radical (unpaired) electrons. The summed E-state index contributed by atoms with van der Waals surface area (Å²) in [6, 6.07) is 4.23. The van der Waals surface area contributed by atoms with E-state index in [9.17, 15) is 4.39 Å². The summed E-state index contributed by atoms with van der Waals surface area (Å²) in [4.78, 5) is 14.5. The van der Waals surface area contributed by atoms with Gasteiger partial charge in [-0.25, -0.2) is 4.39 Å². The highest BCUT2D eigenvalue weighted by Crippen LogP contribution is 2.48. The lowest BCUT2D eigenvalue weighted by molar-refractivity contribution is -0.0855. The maximum absolute atomic E-state index is 14.4. The third kappa shape index (κ3) is 4.55. The number of aromatic nitrogens is 2. The second-order valence-corrected chi connectivity index (χ2v) is 12.3. The highest BCUT2D eigenvalue weighted by atomic mass is 35.5. The third-order valence-corrected chi connectivity index (χ3v) is 9.80. The molecule has 5 heterocycles. The molecule has 2 unspecified atom stereocenters. The Morgan fingerprint density at radius 3 is 2.95 bits per heavy atom. The second kappa shape index (κ2) is 10.0. The smallest absolute Gasteiger partial charge is 0.318 e. The Hall–Kier alpha value is -2.20. The number of halogens is 2. The van der Waals surface area contributed by atoms with Gasteiger partial charge in [-0.05, 0) is 68.3 Å². The van der Waals surface area contributed by atoms with Crippen LogP contribution in [0.1, 0.15) is 60.9 Å². The average molecular weight is 558 g/mol.